The number of carbonyl (C=O) groups excluding carboxylic acids is 1. The third-order valence-corrected chi connectivity index (χ3v) is 9.55. The summed E-state index contributed by atoms with van der Waals surface area (Å²) in [5, 5.41) is 20.3. The van der Waals surface area contributed by atoms with Crippen molar-refractivity contribution in [3.05, 3.63) is 52.2 Å². The van der Waals surface area contributed by atoms with Gasteiger partial charge in [-0.2, -0.15) is 9.50 Å². The molecule has 3 unspecified atom stereocenters. The summed E-state index contributed by atoms with van der Waals surface area (Å²) in [6.07, 6.45) is 4.07. The third kappa shape index (κ3) is 5.74. The van der Waals surface area contributed by atoms with E-state index in [1.807, 2.05) is 17.9 Å². The van der Waals surface area contributed by atoms with E-state index in [4.69, 9.17) is 0 Å². The predicted molar refractivity (Wildman–Crippen MR) is 153 cm³/mol. The monoisotopic (exact) mass is 629 g/mol. The molecule has 2 aromatic heterocycles. The van der Waals surface area contributed by atoms with Crippen molar-refractivity contribution in [1.29, 1.82) is 0 Å². The van der Waals surface area contributed by atoms with Crippen molar-refractivity contribution in [2.45, 2.75) is 50.2 Å². The first-order valence-electron chi connectivity index (χ1n) is 14.1. The molecule has 16 heteroatoms. The molecule has 1 aromatic carbocycles. The van der Waals surface area contributed by atoms with Gasteiger partial charge < -0.3 is 25.2 Å². The Kier molecular flexibility index (Phi) is 6.71. The van der Waals surface area contributed by atoms with Crippen LogP contribution < -0.4 is 21.1 Å². The van der Waals surface area contributed by atoms with Gasteiger partial charge in [0, 0.05) is 31.9 Å². The molecule has 1 saturated heterocycles. The summed E-state index contributed by atoms with van der Waals surface area (Å²) in [5.74, 6) is 0.324. The number of piperazine rings is 1. The Bertz CT molecular complexity index is 1680. The topological polar surface area (TPSA) is 117 Å². The van der Waals surface area contributed by atoms with Gasteiger partial charge in [0.1, 0.15) is 17.1 Å². The van der Waals surface area contributed by atoms with Gasteiger partial charge in [-0.05, 0) is 67.4 Å². The average molecular weight is 630 g/mol. The second kappa shape index (κ2) is 9.75. The van der Waals surface area contributed by atoms with E-state index >= 15 is 0 Å². The number of aromatic nitrogens is 4. The SMILES string of the molecule is CCc1c(N2CCNCC2)c(=O)n2nc(C3=CC4CC(O)CC4C3)nc2n1CC(=O)Nc1ccc(S(F)(F)(F)(F)F)cc1. The largest absolute Gasteiger partial charge is 0.393 e. The molecule has 3 heterocycles. The molecule has 2 aliphatic carbocycles. The number of hydrogen-bond acceptors (Lipinski definition) is 7. The molecule has 1 amide bonds. The van der Waals surface area contributed by atoms with E-state index in [-0.39, 0.29) is 53.6 Å². The lowest BCUT2D eigenvalue weighted by molar-refractivity contribution is -0.116. The van der Waals surface area contributed by atoms with Crippen molar-refractivity contribution in [2.24, 2.45) is 11.8 Å². The maximum Gasteiger partial charge on any atom is 0.310 e. The van der Waals surface area contributed by atoms with Crippen LogP contribution in [0.4, 0.5) is 30.8 Å². The van der Waals surface area contributed by atoms with E-state index in [0.717, 1.165) is 17.7 Å². The fourth-order valence-electron chi connectivity index (χ4n) is 6.43. The third-order valence-electron chi connectivity index (χ3n) is 8.39. The van der Waals surface area contributed by atoms with Crippen molar-refractivity contribution >= 4 is 38.9 Å². The lowest BCUT2D eigenvalue weighted by atomic mass is 10.00. The summed E-state index contributed by atoms with van der Waals surface area (Å²) in [6.45, 7) is 3.89. The average Bonchev–Trinajstić information content (AvgIpc) is 3.63. The summed E-state index contributed by atoms with van der Waals surface area (Å²) >= 11 is 0. The fraction of sp³-hybridized carbons (Fsp3) is 0.481. The molecule has 43 heavy (non-hydrogen) atoms. The number of fused-ring (bicyclic) bond motifs is 2. The summed E-state index contributed by atoms with van der Waals surface area (Å²) in [7, 11) is -9.85. The first-order valence-corrected chi connectivity index (χ1v) is 16.1. The number of benzene rings is 1. The molecule has 0 radical (unpaired) electrons. The molecule has 3 aromatic rings. The first kappa shape index (κ1) is 29.6. The quantitative estimate of drug-likeness (QED) is 0.333. The number of rotatable bonds is 7. The summed E-state index contributed by atoms with van der Waals surface area (Å²) in [5.41, 5.74) is 1.34. The van der Waals surface area contributed by atoms with Crippen LogP contribution in [0.15, 0.2) is 40.0 Å². The Labute approximate surface area is 243 Å². The second-order valence-corrected chi connectivity index (χ2v) is 13.8. The molecule has 3 N–H and O–H groups in total. The number of aliphatic hydroxyl groups is 1. The minimum Gasteiger partial charge on any atom is -0.393 e. The number of halogens is 5. The van der Waals surface area contributed by atoms with Crippen LogP contribution in [0.25, 0.3) is 11.4 Å². The maximum absolute atomic E-state index is 13.9. The second-order valence-electron chi connectivity index (χ2n) is 11.4. The van der Waals surface area contributed by atoms with Crippen molar-refractivity contribution in [1.82, 2.24) is 24.5 Å². The number of aliphatic hydroxyl groups excluding tert-OH is 1. The zero-order chi connectivity index (χ0) is 30.8. The Hall–Kier alpha value is -3.50. The van der Waals surface area contributed by atoms with Crippen LogP contribution in [-0.4, -0.2) is 62.5 Å². The van der Waals surface area contributed by atoms with Crippen LogP contribution in [0.2, 0.25) is 0 Å². The minimum atomic E-state index is -9.85. The van der Waals surface area contributed by atoms with Crippen LogP contribution in [0.3, 0.4) is 0 Å². The molecule has 0 bridgehead atoms. The van der Waals surface area contributed by atoms with Gasteiger partial charge >= 0.3 is 10.2 Å². The van der Waals surface area contributed by atoms with E-state index in [1.54, 1.807) is 4.57 Å². The summed E-state index contributed by atoms with van der Waals surface area (Å²) in [4.78, 5) is 31.6. The van der Waals surface area contributed by atoms with Gasteiger partial charge in [0.15, 0.2) is 5.82 Å². The lowest BCUT2D eigenvalue weighted by Gasteiger charge is -2.40. The molecule has 1 aliphatic heterocycles. The number of nitrogens with zero attached hydrogens (tertiary/aromatic N) is 5. The molecular weight excluding hydrogens is 597 g/mol. The molecule has 6 rings (SSSR count). The number of anilines is 2. The van der Waals surface area contributed by atoms with Crippen molar-refractivity contribution in [3.63, 3.8) is 0 Å². The zero-order valence-electron chi connectivity index (χ0n) is 23.3. The Morgan fingerprint density at radius 2 is 1.81 bits per heavy atom. The molecule has 234 valence electrons. The summed E-state index contributed by atoms with van der Waals surface area (Å²) in [6, 6.07) is 2.02. The van der Waals surface area contributed by atoms with E-state index < -0.39 is 21.0 Å². The van der Waals surface area contributed by atoms with Crippen LogP contribution >= 0.6 is 10.2 Å². The van der Waals surface area contributed by atoms with Gasteiger partial charge in [0.25, 0.3) is 5.56 Å². The fourth-order valence-corrected chi connectivity index (χ4v) is 7.08. The highest BCUT2D eigenvalue weighted by atomic mass is 32.5. The smallest absolute Gasteiger partial charge is 0.310 e. The van der Waals surface area contributed by atoms with Gasteiger partial charge in [0.2, 0.25) is 11.7 Å². The highest BCUT2D eigenvalue weighted by molar-refractivity contribution is 8.45. The Balaban J connectivity index is 1.37. The van der Waals surface area contributed by atoms with Crippen LogP contribution in [0.1, 0.15) is 37.7 Å². The zero-order valence-corrected chi connectivity index (χ0v) is 24.1. The molecule has 3 atom stereocenters. The highest BCUT2D eigenvalue weighted by Crippen LogP contribution is 3.02. The van der Waals surface area contributed by atoms with Gasteiger partial charge in [0.05, 0.1) is 11.8 Å². The van der Waals surface area contributed by atoms with Crippen LogP contribution in [0.5, 0.6) is 0 Å². The molecule has 1 saturated carbocycles. The Morgan fingerprint density at radius 3 is 2.44 bits per heavy atom. The molecular formula is C27H32F5N7O3S. The maximum atomic E-state index is 13.9. The minimum absolute atomic E-state index is 0.0972. The normalized spacial score (nSPS) is 24.0. The number of amides is 1. The van der Waals surface area contributed by atoms with Gasteiger partial charge in [-0.3, -0.25) is 9.59 Å². The number of nitrogens with one attached hydrogen (secondary N) is 2. The molecule has 0 spiro atoms. The van der Waals surface area contributed by atoms with E-state index in [1.165, 1.54) is 4.52 Å². The predicted octanol–water partition coefficient (Wildman–Crippen LogP) is 4.33. The van der Waals surface area contributed by atoms with E-state index in [2.05, 4.69) is 20.7 Å². The van der Waals surface area contributed by atoms with Crippen molar-refractivity contribution in [3.8, 4) is 0 Å². The van der Waals surface area contributed by atoms with E-state index in [9.17, 15) is 34.1 Å². The molecule has 3 aliphatic rings. The van der Waals surface area contributed by atoms with Crippen LogP contribution in [0, 0.1) is 11.8 Å². The summed E-state index contributed by atoms with van der Waals surface area (Å²) < 4.78 is 68.4. The number of allylic oxidation sites excluding steroid dienone is 2. The van der Waals surface area contributed by atoms with E-state index in [0.29, 0.717) is 69.1 Å². The van der Waals surface area contributed by atoms with Crippen LogP contribution in [-0.2, 0) is 17.8 Å². The lowest BCUT2D eigenvalue weighted by Crippen LogP contribution is -2.47. The molecule has 10 nitrogen and oxygen atoms in total. The molecule has 2 fully saturated rings. The van der Waals surface area contributed by atoms with Gasteiger partial charge in [-0.15, -0.1) is 5.10 Å². The van der Waals surface area contributed by atoms with Gasteiger partial charge in [-0.25, -0.2) is 0 Å². The highest BCUT2D eigenvalue weighted by Gasteiger charge is 2.65. The standard InChI is InChI=1S/C27H32F5N7O3S/c1-2-22-24(37-9-7-33-8-10-37)26(42)39-27(35-25(36-39)18-11-16-13-20(40)14-17(16)12-18)38(22)15-23(41)34-19-3-5-21(6-4-19)43(28,29,30,31)32/h3-6,11,16-17,20,33,40H,2,7-10,12-15H2,1H3,(H,34,41). The Morgan fingerprint density at radius 1 is 1.12 bits per heavy atom. The number of hydrogen-bond donors (Lipinski definition) is 3. The van der Waals surface area contributed by atoms with Crippen molar-refractivity contribution in [2.75, 3.05) is 36.4 Å². The number of carbonyl (C=O) groups is 1. The first-order chi connectivity index (χ1) is 20.1. The van der Waals surface area contributed by atoms with Gasteiger partial charge in [-0.1, -0.05) is 32.4 Å². The van der Waals surface area contributed by atoms with Crippen molar-refractivity contribution < 1.29 is 29.3 Å².